The quantitative estimate of drug-likeness (QED) is 0.317. The van der Waals surface area contributed by atoms with Crippen LogP contribution in [0.3, 0.4) is 0 Å². The molecule has 0 aromatic carbocycles. The minimum atomic E-state index is 0.453. The summed E-state index contributed by atoms with van der Waals surface area (Å²) in [7, 11) is 0. The highest BCUT2D eigenvalue weighted by atomic mass is 32.2. The molecule has 0 amide bonds. The van der Waals surface area contributed by atoms with E-state index in [1.165, 1.54) is 0 Å². The van der Waals surface area contributed by atoms with Gasteiger partial charge in [-0.1, -0.05) is 25.3 Å². The number of nitrogens with zero attached hydrogens (tertiary/aromatic N) is 1. The first-order valence-electron chi connectivity index (χ1n) is 4.07. The third kappa shape index (κ3) is 6.37. The van der Waals surface area contributed by atoms with Crippen molar-refractivity contribution in [3.63, 3.8) is 0 Å². The molecular weight excluding hydrogens is 180 g/mol. The minimum absolute atomic E-state index is 0.453. The highest BCUT2D eigenvalue weighted by molar-refractivity contribution is 8.14. The van der Waals surface area contributed by atoms with Crippen molar-refractivity contribution in [1.82, 2.24) is 0 Å². The van der Waals surface area contributed by atoms with Gasteiger partial charge in [0.05, 0.1) is 10.7 Å². The van der Waals surface area contributed by atoms with Crippen molar-refractivity contribution in [1.29, 1.82) is 0 Å². The number of rotatable bonds is 5. The Kier molecular flexibility index (Phi) is 7.35. The number of hydrogen-bond acceptors (Lipinski definition) is 3. The second-order valence-corrected chi connectivity index (χ2v) is 3.38. The Labute approximate surface area is 84.3 Å². The van der Waals surface area contributed by atoms with Gasteiger partial charge in [0.15, 0.2) is 0 Å². The van der Waals surface area contributed by atoms with Gasteiger partial charge in [-0.05, 0) is 13.0 Å². The maximum Gasteiger partial charge on any atom is 0.0877 e. The molecule has 0 saturated heterocycles. The molecule has 2 N–H and O–H groups in total. The van der Waals surface area contributed by atoms with E-state index in [2.05, 4.69) is 24.2 Å². The van der Waals surface area contributed by atoms with Crippen molar-refractivity contribution in [3.8, 4) is 0 Å². The molecule has 2 nitrogen and oxygen atoms in total. The summed E-state index contributed by atoms with van der Waals surface area (Å²) in [5.41, 5.74) is 6.17. The van der Waals surface area contributed by atoms with Gasteiger partial charge in [-0.2, -0.15) is 0 Å². The molecule has 0 fully saturated rings. The molecule has 0 radical (unpaired) electrons. The Bertz CT molecular complexity index is 229. The van der Waals surface area contributed by atoms with Gasteiger partial charge in [-0.15, -0.1) is 11.8 Å². The standard InChI is InChI=1S/C10H16N2S/c1-4-6-7-13-10(8-11)12-9(3)5-2/h4-6H,2-3,7-8,11H2,1H3/b6-4-,12-10-. The fraction of sp³-hybridized carbons (Fsp3) is 0.300. The van der Waals surface area contributed by atoms with Crippen LogP contribution in [0.1, 0.15) is 6.92 Å². The van der Waals surface area contributed by atoms with E-state index in [4.69, 9.17) is 5.73 Å². The zero-order valence-corrected chi connectivity index (χ0v) is 8.81. The molecule has 0 rings (SSSR count). The molecule has 72 valence electrons. The number of aliphatic imine (C=N–C) groups is 1. The van der Waals surface area contributed by atoms with Gasteiger partial charge in [0.1, 0.15) is 0 Å². The van der Waals surface area contributed by atoms with E-state index < -0.39 is 0 Å². The summed E-state index contributed by atoms with van der Waals surface area (Å²) in [6, 6.07) is 0. The predicted octanol–water partition coefficient (Wildman–Crippen LogP) is 2.35. The third-order valence-corrected chi connectivity index (χ3v) is 2.21. The summed E-state index contributed by atoms with van der Waals surface area (Å²) in [5, 5.41) is 0.892. The summed E-state index contributed by atoms with van der Waals surface area (Å²) in [6.07, 6.45) is 5.68. The molecule has 0 atom stereocenters. The van der Waals surface area contributed by atoms with E-state index >= 15 is 0 Å². The summed E-state index contributed by atoms with van der Waals surface area (Å²) < 4.78 is 0. The highest BCUT2D eigenvalue weighted by Gasteiger charge is 1.95. The average Bonchev–Trinajstić information content (AvgIpc) is 2.16. The summed E-state index contributed by atoms with van der Waals surface area (Å²) in [4.78, 5) is 4.19. The third-order valence-electron chi connectivity index (χ3n) is 1.26. The summed E-state index contributed by atoms with van der Waals surface area (Å²) >= 11 is 1.62. The smallest absolute Gasteiger partial charge is 0.0877 e. The molecule has 0 saturated carbocycles. The van der Waals surface area contributed by atoms with Crippen LogP contribution in [0.15, 0.2) is 42.1 Å². The monoisotopic (exact) mass is 196 g/mol. The van der Waals surface area contributed by atoms with Gasteiger partial charge in [0.25, 0.3) is 0 Å². The Morgan fingerprint density at radius 1 is 1.62 bits per heavy atom. The van der Waals surface area contributed by atoms with Gasteiger partial charge in [0, 0.05) is 12.3 Å². The van der Waals surface area contributed by atoms with Crippen molar-refractivity contribution >= 4 is 16.8 Å². The Hall–Kier alpha value is -0.800. The van der Waals surface area contributed by atoms with E-state index in [9.17, 15) is 0 Å². The van der Waals surface area contributed by atoms with Crippen LogP contribution in [0.5, 0.6) is 0 Å². The first-order valence-corrected chi connectivity index (χ1v) is 5.06. The topological polar surface area (TPSA) is 38.4 Å². The molecule has 0 aliphatic heterocycles. The van der Waals surface area contributed by atoms with Crippen LogP contribution < -0.4 is 5.73 Å². The van der Waals surface area contributed by atoms with Gasteiger partial charge in [-0.25, -0.2) is 4.99 Å². The van der Waals surface area contributed by atoms with E-state index in [1.54, 1.807) is 17.8 Å². The first-order chi connectivity index (χ1) is 6.24. The largest absolute Gasteiger partial charge is 0.325 e. The molecule has 0 aliphatic rings. The Morgan fingerprint density at radius 2 is 2.31 bits per heavy atom. The second kappa shape index (κ2) is 7.83. The fourth-order valence-electron chi connectivity index (χ4n) is 0.583. The highest BCUT2D eigenvalue weighted by Crippen LogP contribution is 2.06. The lowest BCUT2D eigenvalue weighted by Gasteiger charge is -2.00. The SMILES string of the molecule is C=CC(=C)/N=C(/CN)SC/C=C\C. The van der Waals surface area contributed by atoms with E-state index in [-0.39, 0.29) is 0 Å². The van der Waals surface area contributed by atoms with Crippen LogP contribution in [-0.4, -0.2) is 17.3 Å². The maximum absolute atomic E-state index is 5.51. The van der Waals surface area contributed by atoms with Gasteiger partial charge >= 0.3 is 0 Å². The van der Waals surface area contributed by atoms with Crippen LogP contribution >= 0.6 is 11.8 Å². The molecule has 0 spiro atoms. The van der Waals surface area contributed by atoms with Crippen LogP contribution in [0, 0.1) is 0 Å². The lowest BCUT2D eigenvalue weighted by Crippen LogP contribution is -2.10. The molecule has 0 unspecified atom stereocenters. The summed E-state index contributed by atoms with van der Waals surface area (Å²) in [6.45, 7) is 9.71. The molecule has 0 aromatic heterocycles. The van der Waals surface area contributed by atoms with Crippen LogP contribution in [0.25, 0.3) is 0 Å². The van der Waals surface area contributed by atoms with E-state index in [0.29, 0.717) is 12.2 Å². The van der Waals surface area contributed by atoms with Crippen molar-refractivity contribution in [2.45, 2.75) is 6.92 Å². The number of thioether (sulfide) groups is 1. The fourth-order valence-corrected chi connectivity index (χ4v) is 1.36. The molecule has 3 heteroatoms. The predicted molar refractivity (Wildman–Crippen MR) is 63.1 cm³/mol. The van der Waals surface area contributed by atoms with Crippen LogP contribution in [0.4, 0.5) is 0 Å². The molecule has 13 heavy (non-hydrogen) atoms. The van der Waals surface area contributed by atoms with Crippen molar-refractivity contribution < 1.29 is 0 Å². The maximum atomic E-state index is 5.51. The number of hydrogen-bond donors (Lipinski definition) is 1. The van der Waals surface area contributed by atoms with Gasteiger partial charge in [-0.3, -0.25) is 0 Å². The van der Waals surface area contributed by atoms with Gasteiger partial charge < -0.3 is 5.73 Å². The van der Waals surface area contributed by atoms with E-state index in [0.717, 1.165) is 10.8 Å². The lowest BCUT2D eigenvalue weighted by atomic mass is 10.5. The second-order valence-electron chi connectivity index (χ2n) is 2.29. The van der Waals surface area contributed by atoms with Crippen LogP contribution in [0.2, 0.25) is 0 Å². The lowest BCUT2D eigenvalue weighted by molar-refractivity contribution is 1.30. The molecule has 0 aliphatic carbocycles. The average molecular weight is 196 g/mol. The minimum Gasteiger partial charge on any atom is -0.325 e. The Balaban J connectivity index is 4.08. The normalized spacial score (nSPS) is 12.0. The molecule has 0 heterocycles. The van der Waals surface area contributed by atoms with E-state index in [1.807, 2.05) is 13.0 Å². The van der Waals surface area contributed by atoms with Crippen molar-refractivity contribution in [2.24, 2.45) is 10.7 Å². The zero-order chi connectivity index (χ0) is 10.1. The van der Waals surface area contributed by atoms with Crippen molar-refractivity contribution in [2.75, 3.05) is 12.3 Å². The molecular formula is C10H16N2S. The number of nitrogens with two attached hydrogens (primary N) is 1. The number of allylic oxidation sites excluding steroid dienone is 2. The zero-order valence-electron chi connectivity index (χ0n) is 7.99. The van der Waals surface area contributed by atoms with Gasteiger partial charge in [0.2, 0.25) is 0 Å². The van der Waals surface area contributed by atoms with Crippen molar-refractivity contribution in [3.05, 3.63) is 37.1 Å². The molecule has 0 aromatic rings. The molecule has 0 bridgehead atoms. The van der Waals surface area contributed by atoms with Crippen LogP contribution in [-0.2, 0) is 0 Å². The Morgan fingerprint density at radius 3 is 2.77 bits per heavy atom. The summed E-state index contributed by atoms with van der Waals surface area (Å²) in [5.74, 6) is 0.900. The first kappa shape index (κ1) is 12.2.